The van der Waals surface area contributed by atoms with E-state index in [1.54, 1.807) is 23.9 Å². The van der Waals surface area contributed by atoms with Crippen LogP contribution in [0.15, 0.2) is 52.4 Å². The Labute approximate surface area is 177 Å². The van der Waals surface area contributed by atoms with Crippen LogP contribution < -0.4 is 10.1 Å². The predicted octanol–water partition coefficient (Wildman–Crippen LogP) is 4.16. The van der Waals surface area contributed by atoms with Crippen LogP contribution in [0.1, 0.15) is 24.2 Å². The lowest BCUT2D eigenvalue weighted by atomic mass is 10.2. The molecule has 3 aromatic rings. The summed E-state index contributed by atoms with van der Waals surface area (Å²) >= 11 is 3.05. The highest BCUT2D eigenvalue weighted by Crippen LogP contribution is 2.22. The van der Waals surface area contributed by atoms with Gasteiger partial charge in [-0.15, -0.1) is 11.8 Å². The highest BCUT2D eigenvalue weighted by molar-refractivity contribution is 7.98. The summed E-state index contributed by atoms with van der Waals surface area (Å²) in [6.45, 7) is 5.17. The highest BCUT2D eigenvalue weighted by Gasteiger charge is 2.11. The Hall–Kier alpha value is -2.42. The Morgan fingerprint density at radius 2 is 1.97 bits per heavy atom. The molecule has 0 radical (unpaired) electrons. The maximum atomic E-state index is 12.7. The van der Waals surface area contributed by atoms with E-state index in [9.17, 15) is 9.59 Å². The lowest BCUT2D eigenvalue weighted by Crippen LogP contribution is -2.19. The fourth-order valence-electron chi connectivity index (χ4n) is 2.84. The number of hydrogen-bond acceptors (Lipinski definition) is 5. The highest BCUT2D eigenvalue weighted by atomic mass is 32.2. The zero-order chi connectivity index (χ0) is 20.8. The molecular weight excluding hydrogens is 406 g/mol. The van der Waals surface area contributed by atoms with Crippen LogP contribution in [-0.2, 0) is 16.1 Å². The summed E-state index contributed by atoms with van der Waals surface area (Å²) < 4.78 is 8.43. The first-order valence-corrected chi connectivity index (χ1v) is 11.3. The number of ether oxygens (including phenoxy) is 1. The molecule has 1 aromatic heterocycles. The molecule has 0 saturated carbocycles. The van der Waals surface area contributed by atoms with Crippen molar-refractivity contribution in [3.8, 4) is 0 Å². The number of nitrogens with zero attached hydrogens (tertiary/aromatic N) is 2. The molecule has 1 N–H and O–H groups in total. The quantitative estimate of drug-likeness (QED) is 0.452. The summed E-state index contributed by atoms with van der Waals surface area (Å²) in [4.78, 5) is 30.2. The molecule has 0 aliphatic heterocycles. The number of amides is 2. The Morgan fingerprint density at radius 1 is 1.21 bits per heavy atom. The van der Waals surface area contributed by atoms with E-state index in [0.717, 1.165) is 15.1 Å². The summed E-state index contributed by atoms with van der Waals surface area (Å²) in [6, 6.07) is 13.1. The zero-order valence-electron chi connectivity index (χ0n) is 16.6. The van der Waals surface area contributed by atoms with Gasteiger partial charge in [-0.3, -0.25) is 9.59 Å². The first-order valence-electron chi connectivity index (χ1n) is 9.23. The summed E-state index contributed by atoms with van der Waals surface area (Å²) in [5.74, 6) is -0.407. The second kappa shape index (κ2) is 9.87. The maximum absolute atomic E-state index is 12.7. The fourth-order valence-corrected chi connectivity index (χ4v) is 4.34. The fraction of sp³-hybridized carbons (Fsp3) is 0.286. The molecule has 0 unspecified atom stereocenters. The zero-order valence-corrected chi connectivity index (χ0v) is 18.2. The molecule has 1 heterocycles. The van der Waals surface area contributed by atoms with E-state index >= 15 is 0 Å². The molecule has 29 heavy (non-hydrogen) atoms. The Morgan fingerprint density at radius 3 is 2.62 bits per heavy atom. The number of rotatable bonds is 7. The molecule has 0 atom stereocenters. The van der Waals surface area contributed by atoms with E-state index in [1.807, 2.05) is 48.1 Å². The number of carbonyl (C=O) groups excluding carboxylic acids is 2. The van der Waals surface area contributed by atoms with Gasteiger partial charge in [-0.2, -0.15) is 4.99 Å². The van der Waals surface area contributed by atoms with Crippen LogP contribution in [0.5, 0.6) is 0 Å². The second-order valence-corrected chi connectivity index (χ2v) is 8.13. The number of carbonyl (C=O) groups is 2. The van der Waals surface area contributed by atoms with Crippen LogP contribution in [-0.4, -0.2) is 35.9 Å². The van der Waals surface area contributed by atoms with Crippen LogP contribution in [0.3, 0.4) is 0 Å². The van der Waals surface area contributed by atoms with Crippen molar-refractivity contribution in [2.24, 2.45) is 4.99 Å². The SMILES string of the molecule is CCOCCn1c(=NC(=O)c2ccc(SC)cc2)sc2cc(NC(C)=O)ccc21. The minimum atomic E-state index is -0.281. The van der Waals surface area contributed by atoms with Crippen LogP contribution in [0.2, 0.25) is 0 Å². The third kappa shape index (κ3) is 5.35. The Bertz CT molecular complexity index is 1080. The lowest BCUT2D eigenvalue weighted by Gasteiger charge is -2.06. The number of anilines is 1. The van der Waals surface area contributed by atoms with Gasteiger partial charge in [-0.05, 0) is 55.6 Å². The van der Waals surface area contributed by atoms with Gasteiger partial charge in [0, 0.05) is 36.2 Å². The van der Waals surface area contributed by atoms with Gasteiger partial charge in [-0.25, -0.2) is 0 Å². The van der Waals surface area contributed by atoms with Crippen molar-refractivity contribution in [3.05, 3.63) is 52.8 Å². The van der Waals surface area contributed by atoms with Crippen molar-refractivity contribution in [1.29, 1.82) is 0 Å². The summed E-state index contributed by atoms with van der Waals surface area (Å²) in [5, 5.41) is 2.79. The monoisotopic (exact) mass is 429 g/mol. The van der Waals surface area contributed by atoms with Gasteiger partial charge >= 0.3 is 0 Å². The lowest BCUT2D eigenvalue weighted by molar-refractivity contribution is -0.114. The van der Waals surface area contributed by atoms with Crippen molar-refractivity contribution in [2.75, 3.05) is 24.8 Å². The second-order valence-electron chi connectivity index (χ2n) is 6.24. The average Bonchev–Trinajstić information content (AvgIpc) is 3.04. The Balaban J connectivity index is 2.02. The van der Waals surface area contributed by atoms with Crippen molar-refractivity contribution in [3.63, 3.8) is 0 Å². The van der Waals surface area contributed by atoms with E-state index in [0.29, 0.717) is 35.8 Å². The largest absolute Gasteiger partial charge is 0.380 e. The Kier molecular flexibility index (Phi) is 7.24. The van der Waals surface area contributed by atoms with Crippen LogP contribution >= 0.6 is 23.1 Å². The molecule has 152 valence electrons. The number of thioether (sulfide) groups is 1. The summed E-state index contributed by atoms with van der Waals surface area (Å²) in [6.07, 6.45) is 1.99. The molecule has 0 aliphatic rings. The van der Waals surface area contributed by atoms with Crippen LogP contribution in [0.25, 0.3) is 10.2 Å². The van der Waals surface area contributed by atoms with Crippen LogP contribution in [0.4, 0.5) is 5.69 Å². The van der Waals surface area contributed by atoms with Crippen molar-refractivity contribution < 1.29 is 14.3 Å². The van der Waals surface area contributed by atoms with E-state index in [-0.39, 0.29) is 11.8 Å². The van der Waals surface area contributed by atoms with Crippen molar-refractivity contribution >= 4 is 50.8 Å². The van der Waals surface area contributed by atoms with Crippen molar-refractivity contribution in [1.82, 2.24) is 4.57 Å². The third-order valence-corrected chi connectivity index (χ3v) is 5.99. The first-order chi connectivity index (χ1) is 14.0. The first kappa shape index (κ1) is 21.3. The summed E-state index contributed by atoms with van der Waals surface area (Å²) in [5.41, 5.74) is 2.22. The number of benzene rings is 2. The number of nitrogens with one attached hydrogen (secondary N) is 1. The number of hydrogen-bond donors (Lipinski definition) is 1. The van der Waals surface area contributed by atoms with E-state index < -0.39 is 0 Å². The van der Waals surface area contributed by atoms with E-state index in [2.05, 4.69) is 10.3 Å². The number of fused-ring (bicyclic) bond motifs is 1. The molecule has 8 heteroatoms. The van der Waals surface area contributed by atoms with Gasteiger partial charge in [-0.1, -0.05) is 11.3 Å². The average molecular weight is 430 g/mol. The molecule has 6 nitrogen and oxygen atoms in total. The van der Waals surface area contributed by atoms with Gasteiger partial charge in [0.25, 0.3) is 5.91 Å². The molecule has 0 bridgehead atoms. The molecule has 0 saturated heterocycles. The maximum Gasteiger partial charge on any atom is 0.279 e. The van der Waals surface area contributed by atoms with E-state index in [4.69, 9.17) is 4.74 Å². The molecule has 2 amide bonds. The molecular formula is C21H23N3O3S2. The van der Waals surface area contributed by atoms with Crippen molar-refractivity contribution in [2.45, 2.75) is 25.3 Å². The van der Waals surface area contributed by atoms with Gasteiger partial charge in [0.05, 0.1) is 16.8 Å². The van der Waals surface area contributed by atoms with Crippen LogP contribution in [0, 0.1) is 0 Å². The predicted molar refractivity (Wildman–Crippen MR) is 119 cm³/mol. The minimum absolute atomic E-state index is 0.126. The molecule has 3 rings (SSSR count). The molecule has 0 spiro atoms. The molecule has 0 aliphatic carbocycles. The topological polar surface area (TPSA) is 72.7 Å². The smallest absolute Gasteiger partial charge is 0.279 e. The number of thiazole rings is 1. The van der Waals surface area contributed by atoms with Gasteiger partial charge in [0.15, 0.2) is 4.80 Å². The van der Waals surface area contributed by atoms with Gasteiger partial charge < -0.3 is 14.6 Å². The van der Waals surface area contributed by atoms with Gasteiger partial charge in [0.2, 0.25) is 5.91 Å². The minimum Gasteiger partial charge on any atom is -0.380 e. The number of aromatic nitrogens is 1. The van der Waals surface area contributed by atoms with Gasteiger partial charge in [0.1, 0.15) is 0 Å². The summed E-state index contributed by atoms with van der Waals surface area (Å²) in [7, 11) is 0. The molecule has 0 fully saturated rings. The molecule has 2 aromatic carbocycles. The normalized spacial score (nSPS) is 11.8. The van der Waals surface area contributed by atoms with E-state index in [1.165, 1.54) is 18.3 Å². The standard InChI is InChI=1S/C21H23N3O3S2/c1-4-27-12-11-24-18-10-7-16(22-14(2)25)13-19(18)29-21(24)23-20(26)15-5-8-17(28-3)9-6-15/h5-10,13H,4,11-12H2,1-3H3,(H,22,25). The third-order valence-electron chi connectivity index (χ3n) is 4.20.